The fourth-order valence-corrected chi connectivity index (χ4v) is 2.99. The van der Waals surface area contributed by atoms with E-state index in [0.717, 1.165) is 6.54 Å². The first-order chi connectivity index (χ1) is 9.19. The molecular formula is C17H28N2. The van der Waals surface area contributed by atoms with E-state index in [1.165, 1.54) is 55.6 Å². The fourth-order valence-electron chi connectivity index (χ4n) is 2.99. The predicted octanol–water partition coefficient (Wildman–Crippen LogP) is 3.27. The van der Waals surface area contributed by atoms with Crippen molar-refractivity contribution in [1.29, 1.82) is 0 Å². The molecule has 1 aliphatic heterocycles. The van der Waals surface area contributed by atoms with Crippen LogP contribution in [0.5, 0.6) is 0 Å². The van der Waals surface area contributed by atoms with Crippen LogP contribution in [0.4, 0.5) is 0 Å². The second kappa shape index (κ2) is 7.06. The van der Waals surface area contributed by atoms with Gasteiger partial charge in [0.25, 0.3) is 0 Å². The van der Waals surface area contributed by atoms with Crippen LogP contribution in [0.3, 0.4) is 0 Å². The Labute approximate surface area is 118 Å². The average Bonchev–Trinajstić information content (AvgIpc) is 2.87. The normalized spacial score (nSPS) is 19.3. The SMILES string of the molecule is CCCN(Cc1cc(C)ccc1C)CC1CCCN1. The van der Waals surface area contributed by atoms with E-state index >= 15 is 0 Å². The van der Waals surface area contributed by atoms with E-state index in [1.807, 2.05) is 0 Å². The molecule has 1 heterocycles. The zero-order valence-corrected chi connectivity index (χ0v) is 12.7. The lowest BCUT2D eigenvalue weighted by Crippen LogP contribution is -2.37. The molecule has 19 heavy (non-hydrogen) atoms. The van der Waals surface area contributed by atoms with E-state index in [0.29, 0.717) is 6.04 Å². The summed E-state index contributed by atoms with van der Waals surface area (Å²) in [6.45, 7) is 11.4. The molecule has 0 spiro atoms. The van der Waals surface area contributed by atoms with Crippen LogP contribution in [0.25, 0.3) is 0 Å². The summed E-state index contributed by atoms with van der Waals surface area (Å²) in [7, 11) is 0. The maximum absolute atomic E-state index is 3.62. The largest absolute Gasteiger partial charge is 0.313 e. The number of hydrogen-bond donors (Lipinski definition) is 1. The minimum atomic E-state index is 0.705. The molecule has 1 aliphatic rings. The number of rotatable bonds is 6. The number of aryl methyl sites for hydroxylation is 2. The first-order valence-electron chi connectivity index (χ1n) is 7.71. The minimum absolute atomic E-state index is 0.705. The standard InChI is InChI=1S/C17H28N2/c1-4-10-19(13-17-6-5-9-18-17)12-16-11-14(2)7-8-15(16)3/h7-8,11,17-18H,4-6,9-10,12-13H2,1-3H3. The Kier molecular flexibility index (Phi) is 5.41. The van der Waals surface area contributed by atoms with Gasteiger partial charge in [0.15, 0.2) is 0 Å². The summed E-state index contributed by atoms with van der Waals surface area (Å²) < 4.78 is 0. The van der Waals surface area contributed by atoms with Gasteiger partial charge in [-0.1, -0.05) is 30.7 Å². The molecule has 2 heteroatoms. The molecule has 1 N–H and O–H groups in total. The van der Waals surface area contributed by atoms with Gasteiger partial charge in [0, 0.05) is 19.1 Å². The van der Waals surface area contributed by atoms with Gasteiger partial charge in [-0.15, -0.1) is 0 Å². The molecule has 0 aromatic heterocycles. The van der Waals surface area contributed by atoms with Crippen molar-refractivity contribution in [3.8, 4) is 0 Å². The molecule has 0 radical (unpaired) electrons. The maximum atomic E-state index is 3.62. The second-order valence-corrected chi connectivity index (χ2v) is 5.96. The van der Waals surface area contributed by atoms with Gasteiger partial charge in [-0.3, -0.25) is 4.90 Å². The molecule has 1 aromatic rings. The molecule has 0 bridgehead atoms. The first-order valence-corrected chi connectivity index (χ1v) is 7.71. The van der Waals surface area contributed by atoms with Gasteiger partial charge in [-0.2, -0.15) is 0 Å². The van der Waals surface area contributed by atoms with Crippen LogP contribution in [0, 0.1) is 13.8 Å². The molecule has 1 unspecified atom stereocenters. The zero-order valence-electron chi connectivity index (χ0n) is 12.7. The van der Waals surface area contributed by atoms with Gasteiger partial charge in [-0.05, 0) is 57.3 Å². The Hall–Kier alpha value is -0.860. The summed E-state index contributed by atoms with van der Waals surface area (Å²) in [4.78, 5) is 2.62. The van der Waals surface area contributed by atoms with Gasteiger partial charge in [0.05, 0.1) is 0 Å². The summed E-state index contributed by atoms with van der Waals surface area (Å²) in [5.74, 6) is 0. The Morgan fingerprint density at radius 2 is 2.16 bits per heavy atom. The lowest BCUT2D eigenvalue weighted by Gasteiger charge is -2.26. The zero-order chi connectivity index (χ0) is 13.7. The van der Waals surface area contributed by atoms with Gasteiger partial charge in [-0.25, -0.2) is 0 Å². The van der Waals surface area contributed by atoms with Crippen LogP contribution >= 0.6 is 0 Å². The average molecular weight is 260 g/mol. The monoisotopic (exact) mass is 260 g/mol. The third-order valence-corrected chi connectivity index (χ3v) is 4.08. The van der Waals surface area contributed by atoms with Crippen molar-refractivity contribution in [3.05, 3.63) is 34.9 Å². The van der Waals surface area contributed by atoms with Crippen molar-refractivity contribution in [2.24, 2.45) is 0 Å². The molecule has 1 aromatic carbocycles. The molecule has 0 amide bonds. The second-order valence-electron chi connectivity index (χ2n) is 5.96. The van der Waals surface area contributed by atoms with E-state index in [-0.39, 0.29) is 0 Å². The lowest BCUT2D eigenvalue weighted by atomic mass is 10.0. The molecular weight excluding hydrogens is 232 g/mol. The third-order valence-electron chi connectivity index (χ3n) is 4.08. The van der Waals surface area contributed by atoms with E-state index < -0.39 is 0 Å². The molecule has 1 atom stereocenters. The Morgan fingerprint density at radius 1 is 1.32 bits per heavy atom. The van der Waals surface area contributed by atoms with Gasteiger partial charge in [0.1, 0.15) is 0 Å². The van der Waals surface area contributed by atoms with Gasteiger partial charge < -0.3 is 5.32 Å². The van der Waals surface area contributed by atoms with Crippen molar-refractivity contribution in [2.45, 2.75) is 52.6 Å². The highest BCUT2D eigenvalue weighted by Crippen LogP contribution is 2.15. The van der Waals surface area contributed by atoms with Gasteiger partial charge >= 0.3 is 0 Å². The molecule has 2 rings (SSSR count). The molecule has 106 valence electrons. The summed E-state index contributed by atoms with van der Waals surface area (Å²) in [5.41, 5.74) is 4.29. The van der Waals surface area contributed by atoms with E-state index in [2.05, 4.69) is 49.2 Å². The molecule has 2 nitrogen and oxygen atoms in total. The highest BCUT2D eigenvalue weighted by molar-refractivity contribution is 5.30. The molecule has 1 fully saturated rings. The molecule has 1 saturated heterocycles. The van der Waals surface area contributed by atoms with Crippen LogP contribution in [0.1, 0.15) is 42.9 Å². The van der Waals surface area contributed by atoms with Gasteiger partial charge in [0.2, 0.25) is 0 Å². The Morgan fingerprint density at radius 3 is 2.84 bits per heavy atom. The van der Waals surface area contributed by atoms with Crippen molar-refractivity contribution in [1.82, 2.24) is 10.2 Å². The lowest BCUT2D eigenvalue weighted by molar-refractivity contribution is 0.241. The van der Waals surface area contributed by atoms with Crippen LogP contribution < -0.4 is 5.32 Å². The number of benzene rings is 1. The Bertz CT molecular complexity index is 394. The van der Waals surface area contributed by atoms with Crippen molar-refractivity contribution in [2.75, 3.05) is 19.6 Å². The first kappa shape index (κ1) is 14.5. The highest BCUT2D eigenvalue weighted by atomic mass is 15.1. The summed E-state index contributed by atoms with van der Waals surface area (Å²) in [5, 5.41) is 3.62. The highest BCUT2D eigenvalue weighted by Gasteiger charge is 2.18. The fraction of sp³-hybridized carbons (Fsp3) is 0.647. The predicted molar refractivity (Wildman–Crippen MR) is 82.5 cm³/mol. The number of nitrogens with zero attached hydrogens (tertiary/aromatic N) is 1. The third kappa shape index (κ3) is 4.32. The van der Waals surface area contributed by atoms with Crippen LogP contribution in [0.2, 0.25) is 0 Å². The van der Waals surface area contributed by atoms with E-state index in [9.17, 15) is 0 Å². The topological polar surface area (TPSA) is 15.3 Å². The van der Waals surface area contributed by atoms with E-state index in [4.69, 9.17) is 0 Å². The summed E-state index contributed by atoms with van der Waals surface area (Å²) in [6.07, 6.45) is 3.92. The minimum Gasteiger partial charge on any atom is -0.313 e. The van der Waals surface area contributed by atoms with Crippen molar-refractivity contribution in [3.63, 3.8) is 0 Å². The smallest absolute Gasteiger partial charge is 0.0237 e. The summed E-state index contributed by atoms with van der Waals surface area (Å²) >= 11 is 0. The number of hydrogen-bond acceptors (Lipinski definition) is 2. The quantitative estimate of drug-likeness (QED) is 0.844. The molecule has 0 aliphatic carbocycles. The van der Waals surface area contributed by atoms with Crippen LogP contribution in [-0.2, 0) is 6.54 Å². The van der Waals surface area contributed by atoms with Crippen molar-refractivity contribution >= 4 is 0 Å². The molecule has 0 saturated carbocycles. The van der Waals surface area contributed by atoms with Crippen molar-refractivity contribution < 1.29 is 0 Å². The number of nitrogens with one attached hydrogen (secondary N) is 1. The maximum Gasteiger partial charge on any atom is 0.0237 e. The summed E-state index contributed by atoms with van der Waals surface area (Å²) in [6, 6.07) is 7.51. The Balaban J connectivity index is 2.00. The van der Waals surface area contributed by atoms with Crippen LogP contribution in [-0.4, -0.2) is 30.6 Å². The van der Waals surface area contributed by atoms with E-state index in [1.54, 1.807) is 0 Å². The van der Waals surface area contributed by atoms with Crippen LogP contribution in [0.15, 0.2) is 18.2 Å².